The van der Waals surface area contributed by atoms with Gasteiger partial charge in [-0.1, -0.05) is 0 Å². The van der Waals surface area contributed by atoms with Crippen LogP contribution in [0.5, 0.6) is 0 Å². The molecule has 0 aromatic carbocycles. The Morgan fingerprint density at radius 2 is 1.53 bits per heavy atom. The first kappa shape index (κ1) is 15.2. The largest absolute Gasteiger partial charge is 0.478 e. The van der Waals surface area contributed by atoms with E-state index in [2.05, 4.69) is 30.7 Å². The quantitative estimate of drug-likeness (QED) is 0.734. The summed E-state index contributed by atoms with van der Waals surface area (Å²) in [6.45, 7) is 12.0. The van der Waals surface area contributed by atoms with E-state index < -0.39 is 17.7 Å². The van der Waals surface area contributed by atoms with Crippen LogP contribution in [0.1, 0.15) is 20.9 Å². The van der Waals surface area contributed by atoms with Gasteiger partial charge in [0.15, 0.2) is 0 Å². The highest BCUT2D eigenvalue weighted by atomic mass is 16.4. The summed E-state index contributed by atoms with van der Waals surface area (Å²) < 4.78 is 4.41. The third-order valence-electron chi connectivity index (χ3n) is 1.09. The predicted octanol–water partition coefficient (Wildman–Crippen LogP) is 2.28. The number of carboxylic acid groups (broad SMARTS) is 2. The molecule has 2 N–H and O–H groups in total. The normalized spacial score (nSPS) is 7.47. The monoisotopic (exact) mass is 212 g/mol. The summed E-state index contributed by atoms with van der Waals surface area (Å²) in [4.78, 5) is 20.5. The lowest BCUT2D eigenvalue weighted by Crippen LogP contribution is -2.03. The minimum Gasteiger partial charge on any atom is -0.478 e. The first-order valence-electron chi connectivity index (χ1n) is 3.67. The van der Waals surface area contributed by atoms with Gasteiger partial charge < -0.3 is 14.6 Å². The molecule has 82 valence electrons. The number of aromatic carboxylic acids is 2. The fourth-order valence-corrected chi connectivity index (χ4v) is 0.643. The minimum absolute atomic E-state index is 0.336. The van der Waals surface area contributed by atoms with Crippen LogP contribution >= 0.6 is 0 Å². The van der Waals surface area contributed by atoms with E-state index in [4.69, 9.17) is 10.2 Å². The second kappa shape index (κ2) is 8.31. The van der Waals surface area contributed by atoms with Gasteiger partial charge in [0, 0.05) is 0 Å². The van der Waals surface area contributed by atoms with Gasteiger partial charge in [-0.05, 0) is 6.07 Å². The van der Waals surface area contributed by atoms with Gasteiger partial charge >= 0.3 is 11.9 Å². The van der Waals surface area contributed by atoms with E-state index in [1.807, 2.05) is 0 Å². The first-order valence-corrected chi connectivity index (χ1v) is 3.67. The van der Waals surface area contributed by atoms with Gasteiger partial charge in [0.05, 0.1) is 6.26 Å². The molecule has 0 saturated heterocycles. The van der Waals surface area contributed by atoms with Crippen molar-refractivity contribution in [2.24, 2.45) is 0 Å². The zero-order valence-electron chi connectivity index (χ0n) is 8.10. The zero-order valence-corrected chi connectivity index (χ0v) is 8.10. The van der Waals surface area contributed by atoms with E-state index in [0.29, 0.717) is 0 Å². The van der Waals surface area contributed by atoms with Gasteiger partial charge in [0.1, 0.15) is 5.56 Å². The molecule has 0 unspecified atom stereocenters. The lowest BCUT2D eigenvalue weighted by atomic mass is 10.2. The molecular formula is C10H12O5. The van der Waals surface area contributed by atoms with Crippen LogP contribution in [-0.4, -0.2) is 22.2 Å². The third-order valence-corrected chi connectivity index (χ3v) is 1.09. The first-order chi connectivity index (χ1) is 7.13. The standard InChI is InChI=1S/C6H4O5.2C2H4/c7-5(8)3-1-2-11-4(3)6(9)10;2*1-2/h1-2H,(H,7,8)(H,9,10);2*1-2H2. The molecule has 1 heterocycles. The molecule has 0 spiro atoms. The number of carbonyl (C=O) groups is 2. The van der Waals surface area contributed by atoms with Crippen molar-refractivity contribution in [2.45, 2.75) is 0 Å². The molecule has 0 amide bonds. The SMILES string of the molecule is C=C.C=C.O=C(O)c1ccoc1C(=O)O. The highest BCUT2D eigenvalue weighted by molar-refractivity contribution is 5.99. The van der Waals surface area contributed by atoms with Gasteiger partial charge in [0.25, 0.3) is 0 Å². The lowest BCUT2D eigenvalue weighted by molar-refractivity contribution is 0.0626. The Morgan fingerprint density at radius 3 is 1.80 bits per heavy atom. The zero-order chi connectivity index (χ0) is 12.4. The van der Waals surface area contributed by atoms with Gasteiger partial charge in [-0.2, -0.15) is 0 Å². The average Bonchev–Trinajstić information content (AvgIpc) is 2.72. The molecule has 5 heteroatoms. The molecular weight excluding hydrogens is 200 g/mol. The molecule has 15 heavy (non-hydrogen) atoms. The van der Waals surface area contributed by atoms with Crippen molar-refractivity contribution in [3.63, 3.8) is 0 Å². The van der Waals surface area contributed by atoms with Crippen molar-refractivity contribution in [2.75, 3.05) is 0 Å². The summed E-state index contributed by atoms with van der Waals surface area (Å²) in [6.07, 6.45) is 1.02. The number of furan rings is 1. The molecule has 0 bridgehead atoms. The van der Waals surface area contributed by atoms with Crippen molar-refractivity contribution in [1.82, 2.24) is 0 Å². The molecule has 0 aliphatic heterocycles. The maximum atomic E-state index is 10.3. The maximum absolute atomic E-state index is 10.3. The van der Waals surface area contributed by atoms with E-state index in [1.54, 1.807) is 0 Å². The Hall–Kier alpha value is -2.30. The predicted molar refractivity (Wildman–Crippen MR) is 55.1 cm³/mol. The summed E-state index contributed by atoms with van der Waals surface area (Å²) in [7, 11) is 0. The highest BCUT2D eigenvalue weighted by Crippen LogP contribution is 2.09. The summed E-state index contributed by atoms with van der Waals surface area (Å²) >= 11 is 0. The highest BCUT2D eigenvalue weighted by Gasteiger charge is 2.18. The Labute approximate surface area is 87.0 Å². The van der Waals surface area contributed by atoms with Crippen LogP contribution in [0, 0.1) is 0 Å². The summed E-state index contributed by atoms with van der Waals surface area (Å²) in [6, 6.07) is 1.09. The van der Waals surface area contributed by atoms with Gasteiger partial charge in [-0.15, -0.1) is 26.3 Å². The second-order valence-electron chi connectivity index (χ2n) is 1.77. The van der Waals surface area contributed by atoms with Crippen molar-refractivity contribution >= 4 is 11.9 Å². The summed E-state index contributed by atoms with van der Waals surface area (Å²) in [5, 5.41) is 16.7. The second-order valence-corrected chi connectivity index (χ2v) is 1.77. The van der Waals surface area contributed by atoms with E-state index >= 15 is 0 Å². The fraction of sp³-hybridized carbons (Fsp3) is 0. The number of hydrogen-bond donors (Lipinski definition) is 2. The molecule has 0 atom stereocenters. The smallest absolute Gasteiger partial charge is 0.372 e. The number of hydrogen-bond acceptors (Lipinski definition) is 3. The van der Waals surface area contributed by atoms with E-state index in [-0.39, 0.29) is 5.56 Å². The van der Waals surface area contributed by atoms with Crippen LogP contribution in [0.3, 0.4) is 0 Å². The van der Waals surface area contributed by atoms with Crippen LogP contribution in [0.25, 0.3) is 0 Å². The molecule has 0 aliphatic rings. The van der Waals surface area contributed by atoms with Crippen molar-refractivity contribution in [3.8, 4) is 0 Å². The Bertz CT molecular complexity index is 296. The van der Waals surface area contributed by atoms with Crippen LogP contribution < -0.4 is 0 Å². The van der Waals surface area contributed by atoms with E-state index in [9.17, 15) is 9.59 Å². The Kier molecular flexibility index (Phi) is 8.41. The van der Waals surface area contributed by atoms with Crippen LogP contribution in [0.2, 0.25) is 0 Å². The summed E-state index contributed by atoms with van der Waals surface area (Å²) in [5.74, 6) is -3.24. The molecule has 1 aromatic heterocycles. The van der Waals surface area contributed by atoms with Gasteiger partial charge in [-0.25, -0.2) is 9.59 Å². The molecule has 1 aromatic rings. The number of carboxylic acids is 2. The van der Waals surface area contributed by atoms with Gasteiger partial charge in [0.2, 0.25) is 5.76 Å². The van der Waals surface area contributed by atoms with Crippen molar-refractivity contribution < 1.29 is 24.2 Å². The molecule has 0 fully saturated rings. The average molecular weight is 212 g/mol. The Balaban J connectivity index is 0. The van der Waals surface area contributed by atoms with Crippen LogP contribution in [0.4, 0.5) is 0 Å². The molecule has 1 rings (SSSR count). The van der Waals surface area contributed by atoms with E-state index in [1.165, 1.54) is 0 Å². The number of rotatable bonds is 2. The summed E-state index contributed by atoms with van der Waals surface area (Å²) in [5.41, 5.74) is -0.336. The Morgan fingerprint density at radius 1 is 1.07 bits per heavy atom. The van der Waals surface area contributed by atoms with Crippen LogP contribution in [0.15, 0.2) is 43.1 Å². The van der Waals surface area contributed by atoms with Gasteiger partial charge in [-0.3, -0.25) is 0 Å². The minimum atomic E-state index is -1.38. The lowest BCUT2D eigenvalue weighted by Gasteiger charge is -1.88. The van der Waals surface area contributed by atoms with Crippen molar-refractivity contribution in [3.05, 3.63) is 50.0 Å². The molecule has 0 aliphatic carbocycles. The molecule has 0 radical (unpaired) electrons. The topological polar surface area (TPSA) is 87.7 Å². The van der Waals surface area contributed by atoms with Crippen molar-refractivity contribution in [1.29, 1.82) is 0 Å². The maximum Gasteiger partial charge on any atom is 0.372 e. The fourth-order valence-electron chi connectivity index (χ4n) is 0.643. The third kappa shape index (κ3) is 4.47. The molecule has 5 nitrogen and oxygen atoms in total. The molecule has 0 saturated carbocycles. The van der Waals surface area contributed by atoms with E-state index in [0.717, 1.165) is 12.3 Å². The van der Waals surface area contributed by atoms with Crippen LogP contribution in [-0.2, 0) is 0 Å².